The third-order valence-electron chi connectivity index (χ3n) is 2.75. The summed E-state index contributed by atoms with van der Waals surface area (Å²) < 4.78 is 38.4. The standard InChI is InChI=1S/C14H9BrF3N3/c15-12-4-3-10(6-11(12)14(16,17)18)21-8-9-2-1-5-20-13(9)7-19/h1-6,21H,8H2. The minimum Gasteiger partial charge on any atom is -0.381 e. The number of anilines is 1. The zero-order chi connectivity index (χ0) is 15.5. The summed E-state index contributed by atoms with van der Waals surface area (Å²) in [5.74, 6) is 0. The van der Waals surface area contributed by atoms with Crippen LogP contribution in [0.2, 0.25) is 0 Å². The maximum Gasteiger partial charge on any atom is 0.417 e. The molecule has 0 unspecified atom stereocenters. The van der Waals surface area contributed by atoms with Gasteiger partial charge in [0.25, 0.3) is 0 Å². The van der Waals surface area contributed by atoms with Gasteiger partial charge < -0.3 is 5.32 Å². The molecule has 7 heteroatoms. The van der Waals surface area contributed by atoms with Crippen LogP contribution in [0.25, 0.3) is 0 Å². The third-order valence-corrected chi connectivity index (χ3v) is 3.44. The monoisotopic (exact) mass is 355 g/mol. The smallest absolute Gasteiger partial charge is 0.381 e. The van der Waals surface area contributed by atoms with E-state index in [0.717, 1.165) is 6.07 Å². The molecule has 1 aromatic carbocycles. The Bertz CT molecular complexity index is 693. The van der Waals surface area contributed by atoms with Crippen molar-refractivity contribution in [2.45, 2.75) is 12.7 Å². The van der Waals surface area contributed by atoms with Crippen LogP contribution >= 0.6 is 15.9 Å². The van der Waals surface area contributed by atoms with Gasteiger partial charge in [-0.15, -0.1) is 0 Å². The molecule has 1 heterocycles. The van der Waals surface area contributed by atoms with Crippen LogP contribution in [0.5, 0.6) is 0 Å². The molecular formula is C14H9BrF3N3. The number of halogens is 4. The lowest BCUT2D eigenvalue weighted by molar-refractivity contribution is -0.138. The zero-order valence-corrected chi connectivity index (χ0v) is 12.2. The molecule has 3 nitrogen and oxygen atoms in total. The van der Waals surface area contributed by atoms with E-state index in [1.54, 1.807) is 12.1 Å². The maximum absolute atomic E-state index is 12.8. The van der Waals surface area contributed by atoms with Crippen LogP contribution in [0.15, 0.2) is 41.0 Å². The molecule has 2 rings (SSSR count). The molecule has 0 radical (unpaired) electrons. The fourth-order valence-electron chi connectivity index (χ4n) is 1.73. The third kappa shape index (κ3) is 3.73. The molecule has 0 aliphatic heterocycles. The van der Waals surface area contributed by atoms with Gasteiger partial charge in [-0.3, -0.25) is 0 Å². The van der Waals surface area contributed by atoms with Gasteiger partial charge in [-0.2, -0.15) is 18.4 Å². The molecule has 0 saturated heterocycles. The average Bonchev–Trinajstić information content (AvgIpc) is 2.45. The number of hydrogen-bond donors (Lipinski definition) is 1. The summed E-state index contributed by atoms with van der Waals surface area (Å²) in [5.41, 5.74) is 0.437. The Kier molecular flexibility index (Phi) is 4.48. The largest absolute Gasteiger partial charge is 0.417 e. The number of alkyl halides is 3. The summed E-state index contributed by atoms with van der Waals surface area (Å²) in [6.07, 6.45) is -2.94. The van der Waals surface area contributed by atoms with Gasteiger partial charge in [0.15, 0.2) is 0 Å². The lowest BCUT2D eigenvalue weighted by Gasteiger charge is -2.12. The summed E-state index contributed by atoms with van der Waals surface area (Å²) in [4.78, 5) is 3.89. The van der Waals surface area contributed by atoms with Crippen molar-refractivity contribution in [1.82, 2.24) is 4.98 Å². The number of nitrogens with zero attached hydrogens (tertiary/aromatic N) is 2. The topological polar surface area (TPSA) is 48.7 Å². The molecule has 0 aliphatic carbocycles. The van der Waals surface area contributed by atoms with Crippen LogP contribution in [-0.2, 0) is 12.7 Å². The molecule has 108 valence electrons. The van der Waals surface area contributed by atoms with Crippen LogP contribution in [0.3, 0.4) is 0 Å². The van der Waals surface area contributed by atoms with Gasteiger partial charge in [-0.05, 0) is 24.3 Å². The van der Waals surface area contributed by atoms with Crippen molar-refractivity contribution in [1.29, 1.82) is 5.26 Å². The first-order valence-electron chi connectivity index (χ1n) is 5.86. The van der Waals surface area contributed by atoms with Crippen LogP contribution in [-0.4, -0.2) is 4.98 Å². The summed E-state index contributed by atoms with van der Waals surface area (Å²) in [6, 6.07) is 9.18. The Labute approximate surface area is 127 Å². The average molecular weight is 356 g/mol. The molecular weight excluding hydrogens is 347 g/mol. The first kappa shape index (κ1) is 15.3. The summed E-state index contributed by atoms with van der Waals surface area (Å²) in [5, 5.41) is 11.8. The highest BCUT2D eigenvalue weighted by atomic mass is 79.9. The second-order valence-electron chi connectivity index (χ2n) is 4.17. The Morgan fingerprint density at radius 3 is 2.71 bits per heavy atom. The molecule has 1 N–H and O–H groups in total. The Morgan fingerprint density at radius 2 is 2.05 bits per heavy atom. The molecule has 0 amide bonds. The van der Waals surface area contributed by atoms with E-state index in [9.17, 15) is 13.2 Å². The van der Waals surface area contributed by atoms with Crippen molar-refractivity contribution < 1.29 is 13.2 Å². The number of hydrogen-bond acceptors (Lipinski definition) is 3. The fraction of sp³-hybridized carbons (Fsp3) is 0.143. The molecule has 0 bridgehead atoms. The van der Waals surface area contributed by atoms with E-state index in [2.05, 4.69) is 26.2 Å². The van der Waals surface area contributed by atoms with Gasteiger partial charge in [-0.25, -0.2) is 4.98 Å². The maximum atomic E-state index is 12.8. The Morgan fingerprint density at radius 1 is 1.29 bits per heavy atom. The Balaban J connectivity index is 2.20. The van der Waals surface area contributed by atoms with E-state index < -0.39 is 11.7 Å². The minimum absolute atomic E-state index is 0.0142. The number of pyridine rings is 1. The summed E-state index contributed by atoms with van der Waals surface area (Å²) in [6.45, 7) is 0.218. The zero-order valence-electron chi connectivity index (χ0n) is 10.6. The van der Waals surface area contributed by atoms with Crippen LogP contribution < -0.4 is 5.32 Å². The van der Waals surface area contributed by atoms with Gasteiger partial charge in [0.05, 0.1) is 5.56 Å². The van der Waals surface area contributed by atoms with Crippen LogP contribution in [0.4, 0.5) is 18.9 Å². The molecule has 0 fully saturated rings. The van der Waals surface area contributed by atoms with E-state index in [4.69, 9.17) is 5.26 Å². The van der Waals surface area contributed by atoms with Gasteiger partial charge in [0, 0.05) is 28.5 Å². The number of nitrogens with one attached hydrogen (secondary N) is 1. The summed E-state index contributed by atoms with van der Waals surface area (Å²) >= 11 is 2.88. The molecule has 0 saturated carbocycles. The first-order chi connectivity index (χ1) is 9.91. The van der Waals surface area contributed by atoms with Gasteiger partial charge >= 0.3 is 6.18 Å². The van der Waals surface area contributed by atoms with Crippen molar-refractivity contribution >= 4 is 21.6 Å². The highest BCUT2D eigenvalue weighted by molar-refractivity contribution is 9.10. The van der Waals surface area contributed by atoms with Crippen molar-refractivity contribution in [3.8, 4) is 6.07 Å². The molecule has 2 aromatic rings. The Hall–Kier alpha value is -2.07. The molecule has 0 aliphatic rings. The van der Waals surface area contributed by atoms with Crippen molar-refractivity contribution in [2.24, 2.45) is 0 Å². The molecule has 0 spiro atoms. The summed E-state index contributed by atoms with van der Waals surface area (Å²) in [7, 11) is 0. The lowest BCUT2D eigenvalue weighted by Crippen LogP contribution is -2.08. The SMILES string of the molecule is N#Cc1ncccc1CNc1ccc(Br)c(C(F)(F)F)c1. The normalized spacial score (nSPS) is 11.0. The van der Waals surface area contributed by atoms with Gasteiger partial charge in [0.2, 0.25) is 0 Å². The van der Waals surface area contributed by atoms with Crippen LogP contribution in [0.1, 0.15) is 16.8 Å². The van der Waals surface area contributed by atoms with E-state index in [0.29, 0.717) is 11.3 Å². The quantitative estimate of drug-likeness (QED) is 0.890. The predicted molar refractivity (Wildman–Crippen MR) is 75.4 cm³/mol. The van der Waals surface area contributed by atoms with Crippen molar-refractivity contribution in [2.75, 3.05) is 5.32 Å². The highest BCUT2D eigenvalue weighted by Crippen LogP contribution is 2.36. The number of benzene rings is 1. The highest BCUT2D eigenvalue weighted by Gasteiger charge is 2.33. The molecule has 1 aromatic heterocycles. The molecule has 0 atom stereocenters. The van der Waals surface area contributed by atoms with E-state index >= 15 is 0 Å². The lowest BCUT2D eigenvalue weighted by atomic mass is 10.1. The van der Waals surface area contributed by atoms with Gasteiger partial charge in [-0.1, -0.05) is 22.0 Å². The number of aromatic nitrogens is 1. The van der Waals surface area contributed by atoms with Gasteiger partial charge in [0.1, 0.15) is 11.8 Å². The van der Waals surface area contributed by atoms with E-state index in [1.807, 2.05) is 6.07 Å². The number of rotatable bonds is 3. The van der Waals surface area contributed by atoms with E-state index in [1.165, 1.54) is 18.3 Å². The minimum atomic E-state index is -4.43. The second-order valence-corrected chi connectivity index (χ2v) is 5.02. The van der Waals surface area contributed by atoms with E-state index in [-0.39, 0.29) is 16.7 Å². The first-order valence-corrected chi connectivity index (χ1v) is 6.65. The second kappa shape index (κ2) is 6.14. The van der Waals surface area contributed by atoms with Crippen molar-refractivity contribution in [3.63, 3.8) is 0 Å². The predicted octanol–water partition coefficient (Wildman–Crippen LogP) is 4.35. The molecule has 21 heavy (non-hydrogen) atoms. The number of nitriles is 1. The fourth-order valence-corrected chi connectivity index (χ4v) is 2.20. The van der Waals surface area contributed by atoms with Crippen LogP contribution in [0, 0.1) is 11.3 Å². The van der Waals surface area contributed by atoms with Crippen molar-refractivity contribution in [3.05, 3.63) is 57.8 Å².